The summed E-state index contributed by atoms with van der Waals surface area (Å²) in [5.41, 5.74) is 10.00. The second-order valence-corrected chi connectivity index (χ2v) is 7.14. The third-order valence-electron chi connectivity index (χ3n) is 4.22. The Hall–Kier alpha value is -2.66. The van der Waals surface area contributed by atoms with E-state index in [1.54, 1.807) is 35.6 Å². The number of nitrogens with zero attached hydrogens (tertiary/aromatic N) is 2. The zero-order valence-corrected chi connectivity index (χ0v) is 14.1. The molecule has 4 nitrogen and oxygen atoms in total. The van der Waals surface area contributed by atoms with Gasteiger partial charge < -0.3 is 10.6 Å². The smallest absolute Gasteiger partial charge is 0.258 e. The number of carbonyl (C=O) groups excluding carboxylic acids is 1. The number of amides is 1. The summed E-state index contributed by atoms with van der Waals surface area (Å²) >= 11 is 1.71. The summed E-state index contributed by atoms with van der Waals surface area (Å²) in [5, 5.41) is 1.06. The molecule has 1 amide bonds. The summed E-state index contributed by atoms with van der Waals surface area (Å²) in [7, 11) is 0. The van der Waals surface area contributed by atoms with Crippen LogP contribution in [-0.2, 0) is 6.42 Å². The van der Waals surface area contributed by atoms with Crippen molar-refractivity contribution >= 4 is 28.6 Å². The quantitative estimate of drug-likeness (QED) is 0.686. The molecular weight excluding hydrogens is 318 g/mol. The Bertz CT molecular complexity index is 915. The van der Waals surface area contributed by atoms with Crippen molar-refractivity contribution < 1.29 is 4.79 Å². The topological polar surface area (TPSA) is 59.2 Å². The number of fused-ring (bicyclic) bond motifs is 3. The van der Waals surface area contributed by atoms with Crippen LogP contribution in [0.1, 0.15) is 20.2 Å². The number of nitrogens with two attached hydrogens (primary N) is 1. The molecule has 0 bridgehead atoms. The van der Waals surface area contributed by atoms with E-state index in [4.69, 9.17) is 10.7 Å². The van der Waals surface area contributed by atoms with Crippen LogP contribution in [0.4, 0.5) is 11.4 Å². The number of carbonyl (C=O) groups is 1. The van der Waals surface area contributed by atoms with Crippen LogP contribution < -0.4 is 10.6 Å². The molecule has 0 spiro atoms. The lowest BCUT2D eigenvalue weighted by molar-refractivity contribution is 0.0987. The Kier molecular flexibility index (Phi) is 3.58. The van der Waals surface area contributed by atoms with E-state index in [0.717, 1.165) is 28.4 Å². The fraction of sp³-hybridized carbons (Fsp3) is 0.158. The highest BCUT2D eigenvalue weighted by molar-refractivity contribution is 7.12. The largest absolute Gasteiger partial charge is 0.399 e. The molecule has 2 N–H and O–H groups in total. The number of para-hydroxylation sites is 1. The van der Waals surface area contributed by atoms with Crippen LogP contribution >= 0.6 is 11.3 Å². The normalized spacial score (nSPS) is 13.1. The van der Waals surface area contributed by atoms with Crippen molar-refractivity contribution in [1.82, 2.24) is 4.98 Å². The van der Waals surface area contributed by atoms with Crippen LogP contribution in [0.5, 0.6) is 0 Å². The predicted octanol–water partition coefficient (Wildman–Crippen LogP) is 3.90. The van der Waals surface area contributed by atoms with Crippen molar-refractivity contribution in [2.75, 3.05) is 17.2 Å². The molecule has 24 heavy (non-hydrogen) atoms. The molecule has 5 heteroatoms. The van der Waals surface area contributed by atoms with Gasteiger partial charge in [0, 0.05) is 34.7 Å². The number of thiazole rings is 1. The summed E-state index contributed by atoms with van der Waals surface area (Å²) in [5.74, 6) is -0.00525. The average Bonchev–Trinajstić information content (AvgIpc) is 2.89. The van der Waals surface area contributed by atoms with Gasteiger partial charge in [-0.2, -0.15) is 0 Å². The van der Waals surface area contributed by atoms with Gasteiger partial charge in [0.1, 0.15) is 0 Å². The second-order valence-electron chi connectivity index (χ2n) is 5.85. The van der Waals surface area contributed by atoms with Crippen molar-refractivity contribution in [3.8, 4) is 11.3 Å². The Labute approximate surface area is 144 Å². The lowest BCUT2D eigenvalue weighted by atomic mass is 10.1. The number of rotatable bonds is 1. The average molecular weight is 335 g/mol. The van der Waals surface area contributed by atoms with Gasteiger partial charge in [0.2, 0.25) is 0 Å². The lowest BCUT2D eigenvalue weighted by Crippen LogP contribution is -2.32. The number of hydrogen-bond donors (Lipinski definition) is 1. The molecule has 1 aromatic heterocycles. The molecule has 2 heterocycles. The van der Waals surface area contributed by atoms with Crippen molar-refractivity contribution in [3.05, 3.63) is 64.0 Å². The third kappa shape index (κ3) is 2.47. The van der Waals surface area contributed by atoms with Crippen molar-refractivity contribution in [3.63, 3.8) is 0 Å². The van der Waals surface area contributed by atoms with Crippen LogP contribution in [0.25, 0.3) is 11.3 Å². The third-order valence-corrected chi connectivity index (χ3v) is 5.25. The van der Waals surface area contributed by atoms with E-state index in [9.17, 15) is 4.79 Å². The van der Waals surface area contributed by atoms with Gasteiger partial charge in [-0.1, -0.05) is 18.2 Å². The first-order chi connectivity index (χ1) is 11.6. The van der Waals surface area contributed by atoms with E-state index in [1.165, 1.54) is 4.88 Å². The van der Waals surface area contributed by atoms with Gasteiger partial charge in [0.15, 0.2) is 0 Å². The minimum absolute atomic E-state index is 0.00525. The maximum absolute atomic E-state index is 13.0. The standard InChI is InChI=1S/C19H17N3OS/c1-12-21-18-15-4-2-3-5-16(15)22(11-10-17(18)24-12)19(23)13-6-8-14(20)9-7-13/h2-9H,10-11,20H2,1H3. The zero-order valence-electron chi connectivity index (χ0n) is 13.3. The molecule has 0 unspecified atom stereocenters. The number of anilines is 2. The predicted molar refractivity (Wildman–Crippen MR) is 98.5 cm³/mol. The molecule has 1 aliphatic heterocycles. The maximum Gasteiger partial charge on any atom is 0.258 e. The summed E-state index contributed by atoms with van der Waals surface area (Å²) < 4.78 is 0. The zero-order chi connectivity index (χ0) is 16.7. The Morgan fingerprint density at radius 3 is 2.71 bits per heavy atom. The van der Waals surface area contributed by atoms with E-state index < -0.39 is 0 Å². The van der Waals surface area contributed by atoms with Gasteiger partial charge in [-0.15, -0.1) is 11.3 Å². The van der Waals surface area contributed by atoms with Gasteiger partial charge in [0.05, 0.1) is 16.4 Å². The molecule has 0 radical (unpaired) electrons. The van der Waals surface area contributed by atoms with E-state index in [1.807, 2.05) is 36.1 Å². The van der Waals surface area contributed by atoms with Crippen molar-refractivity contribution in [2.45, 2.75) is 13.3 Å². The first kappa shape index (κ1) is 14.9. The number of nitrogen functional groups attached to an aromatic ring is 1. The van der Waals surface area contributed by atoms with Crippen LogP contribution in [0.3, 0.4) is 0 Å². The molecule has 2 aromatic carbocycles. The molecule has 0 saturated carbocycles. The molecule has 3 aromatic rings. The molecule has 4 rings (SSSR count). The number of aromatic nitrogens is 1. The lowest BCUT2D eigenvalue weighted by Gasteiger charge is -2.23. The minimum Gasteiger partial charge on any atom is -0.399 e. The Balaban J connectivity index is 1.80. The Morgan fingerprint density at radius 1 is 1.17 bits per heavy atom. The molecule has 1 aliphatic rings. The fourth-order valence-electron chi connectivity index (χ4n) is 3.08. The van der Waals surface area contributed by atoms with Crippen LogP contribution in [0, 0.1) is 6.92 Å². The molecule has 120 valence electrons. The van der Waals surface area contributed by atoms with Crippen LogP contribution in [0.15, 0.2) is 48.5 Å². The number of aryl methyl sites for hydroxylation is 1. The van der Waals surface area contributed by atoms with E-state index in [2.05, 4.69) is 0 Å². The monoisotopic (exact) mass is 335 g/mol. The summed E-state index contributed by atoms with van der Waals surface area (Å²) in [6, 6.07) is 15.1. The summed E-state index contributed by atoms with van der Waals surface area (Å²) in [6.07, 6.45) is 0.816. The van der Waals surface area contributed by atoms with Gasteiger partial charge in [-0.3, -0.25) is 4.79 Å². The SMILES string of the molecule is Cc1nc2c(s1)CCN(C(=O)c1ccc(N)cc1)c1ccccc1-2. The molecule has 0 saturated heterocycles. The Morgan fingerprint density at radius 2 is 1.92 bits per heavy atom. The molecule has 0 atom stereocenters. The van der Waals surface area contributed by atoms with Crippen LogP contribution in [0.2, 0.25) is 0 Å². The highest BCUT2D eigenvalue weighted by atomic mass is 32.1. The van der Waals surface area contributed by atoms with Gasteiger partial charge in [-0.05, 0) is 37.3 Å². The van der Waals surface area contributed by atoms with Gasteiger partial charge in [-0.25, -0.2) is 4.98 Å². The highest BCUT2D eigenvalue weighted by Gasteiger charge is 2.26. The minimum atomic E-state index is -0.00525. The van der Waals surface area contributed by atoms with E-state index in [-0.39, 0.29) is 5.91 Å². The number of benzene rings is 2. The van der Waals surface area contributed by atoms with Gasteiger partial charge >= 0.3 is 0 Å². The van der Waals surface area contributed by atoms with Gasteiger partial charge in [0.25, 0.3) is 5.91 Å². The first-order valence-corrected chi connectivity index (χ1v) is 8.68. The van der Waals surface area contributed by atoms with Crippen LogP contribution in [-0.4, -0.2) is 17.4 Å². The van der Waals surface area contributed by atoms with E-state index >= 15 is 0 Å². The summed E-state index contributed by atoms with van der Waals surface area (Å²) in [4.78, 5) is 20.8. The molecule has 0 aliphatic carbocycles. The summed E-state index contributed by atoms with van der Waals surface area (Å²) in [6.45, 7) is 2.67. The number of hydrogen-bond acceptors (Lipinski definition) is 4. The highest BCUT2D eigenvalue weighted by Crippen LogP contribution is 2.38. The molecule has 0 fully saturated rings. The second kappa shape index (κ2) is 5.76. The van der Waals surface area contributed by atoms with E-state index in [0.29, 0.717) is 17.8 Å². The molecular formula is C19H17N3OS. The maximum atomic E-state index is 13.0. The fourth-order valence-corrected chi connectivity index (χ4v) is 4.02. The van der Waals surface area contributed by atoms with Crippen molar-refractivity contribution in [2.24, 2.45) is 0 Å². The van der Waals surface area contributed by atoms with Crippen molar-refractivity contribution in [1.29, 1.82) is 0 Å². The first-order valence-electron chi connectivity index (χ1n) is 7.86.